The molecule has 1 aliphatic heterocycles. The molecule has 1 N–H and O–H groups in total. The molecule has 0 amide bonds. The minimum Gasteiger partial charge on any atom is -0.379 e. The number of methoxy groups -OCH3 is 1. The van der Waals surface area contributed by atoms with Crippen molar-refractivity contribution in [1.82, 2.24) is 5.32 Å². The van der Waals surface area contributed by atoms with E-state index in [4.69, 9.17) is 9.47 Å². The highest BCUT2D eigenvalue weighted by atomic mass is 16.5. The molecule has 2 fully saturated rings. The van der Waals surface area contributed by atoms with Gasteiger partial charge in [-0.25, -0.2) is 0 Å². The summed E-state index contributed by atoms with van der Waals surface area (Å²) in [6, 6.07) is 0. The number of rotatable bonds is 5. The Morgan fingerprint density at radius 1 is 1.17 bits per heavy atom. The summed E-state index contributed by atoms with van der Waals surface area (Å²) in [4.78, 5) is 0. The maximum Gasteiger partial charge on any atom is 0.0731 e. The van der Waals surface area contributed by atoms with Gasteiger partial charge in [0, 0.05) is 26.6 Å². The van der Waals surface area contributed by atoms with Gasteiger partial charge >= 0.3 is 0 Å². The molecule has 2 aliphatic rings. The number of morpholine rings is 1. The number of nitrogens with one attached hydrogen (secondary N) is 1. The van der Waals surface area contributed by atoms with Crippen molar-refractivity contribution >= 4 is 0 Å². The summed E-state index contributed by atoms with van der Waals surface area (Å²) in [6.07, 6.45) is 8.60. The van der Waals surface area contributed by atoms with E-state index in [0.29, 0.717) is 12.2 Å². The Bertz CT molecular complexity index is 249. The molecule has 3 nitrogen and oxygen atoms in total. The first-order valence-corrected chi connectivity index (χ1v) is 7.50. The Morgan fingerprint density at radius 3 is 2.50 bits per heavy atom. The first-order valence-electron chi connectivity index (χ1n) is 7.50. The van der Waals surface area contributed by atoms with E-state index >= 15 is 0 Å². The van der Waals surface area contributed by atoms with Crippen molar-refractivity contribution in [3.8, 4) is 0 Å². The Balaban J connectivity index is 1.77. The SMILES string of the molecule is COC(C)(C)CC1CNCC(CC2CCCC2)O1. The van der Waals surface area contributed by atoms with Crippen molar-refractivity contribution in [2.75, 3.05) is 20.2 Å². The molecule has 3 heteroatoms. The fourth-order valence-electron chi connectivity index (χ4n) is 3.28. The van der Waals surface area contributed by atoms with Gasteiger partial charge in [-0.15, -0.1) is 0 Å². The van der Waals surface area contributed by atoms with Gasteiger partial charge in [-0.2, -0.15) is 0 Å². The summed E-state index contributed by atoms with van der Waals surface area (Å²) in [5.74, 6) is 0.908. The van der Waals surface area contributed by atoms with Crippen molar-refractivity contribution in [2.45, 2.75) is 70.2 Å². The lowest BCUT2D eigenvalue weighted by Gasteiger charge is -2.36. The number of hydrogen-bond acceptors (Lipinski definition) is 3. The largest absolute Gasteiger partial charge is 0.379 e. The third kappa shape index (κ3) is 4.22. The van der Waals surface area contributed by atoms with Crippen molar-refractivity contribution in [3.05, 3.63) is 0 Å². The van der Waals surface area contributed by atoms with Gasteiger partial charge in [0.25, 0.3) is 0 Å². The Morgan fingerprint density at radius 2 is 1.83 bits per heavy atom. The second-order valence-electron chi connectivity index (χ2n) is 6.59. The van der Waals surface area contributed by atoms with Crippen LogP contribution in [-0.4, -0.2) is 38.0 Å². The van der Waals surface area contributed by atoms with Crippen LogP contribution >= 0.6 is 0 Å². The average Bonchev–Trinajstić information content (AvgIpc) is 2.82. The predicted molar refractivity (Wildman–Crippen MR) is 73.8 cm³/mol. The molecular weight excluding hydrogens is 226 g/mol. The fraction of sp³-hybridized carbons (Fsp3) is 1.00. The average molecular weight is 255 g/mol. The quantitative estimate of drug-likeness (QED) is 0.819. The molecule has 0 aromatic rings. The summed E-state index contributed by atoms with van der Waals surface area (Å²) in [5, 5.41) is 3.53. The monoisotopic (exact) mass is 255 g/mol. The Labute approximate surface area is 112 Å². The van der Waals surface area contributed by atoms with Crippen molar-refractivity contribution in [2.24, 2.45) is 5.92 Å². The third-order valence-electron chi connectivity index (χ3n) is 4.47. The van der Waals surface area contributed by atoms with Gasteiger partial charge in [0.2, 0.25) is 0 Å². The van der Waals surface area contributed by atoms with Gasteiger partial charge in [0.15, 0.2) is 0 Å². The molecule has 1 saturated heterocycles. The summed E-state index contributed by atoms with van der Waals surface area (Å²) in [7, 11) is 1.78. The van der Waals surface area contributed by atoms with Gasteiger partial charge in [0.1, 0.15) is 0 Å². The van der Waals surface area contributed by atoms with E-state index in [9.17, 15) is 0 Å². The molecule has 0 bridgehead atoms. The second-order valence-corrected chi connectivity index (χ2v) is 6.59. The second kappa shape index (κ2) is 6.36. The molecule has 106 valence electrons. The smallest absolute Gasteiger partial charge is 0.0731 e. The van der Waals surface area contributed by atoms with Crippen LogP contribution in [-0.2, 0) is 9.47 Å². The van der Waals surface area contributed by atoms with Crippen LogP contribution in [0.1, 0.15) is 52.4 Å². The van der Waals surface area contributed by atoms with E-state index in [1.165, 1.54) is 32.1 Å². The topological polar surface area (TPSA) is 30.5 Å². The molecule has 2 unspecified atom stereocenters. The van der Waals surface area contributed by atoms with E-state index < -0.39 is 0 Å². The predicted octanol–water partition coefficient (Wildman–Crippen LogP) is 2.74. The summed E-state index contributed by atoms with van der Waals surface area (Å²) in [5.41, 5.74) is -0.0818. The van der Waals surface area contributed by atoms with Crippen molar-refractivity contribution in [1.29, 1.82) is 0 Å². The molecule has 2 rings (SSSR count). The minimum atomic E-state index is -0.0818. The third-order valence-corrected chi connectivity index (χ3v) is 4.47. The van der Waals surface area contributed by atoms with Crippen LogP contribution in [0, 0.1) is 5.92 Å². The van der Waals surface area contributed by atoms with Gasteiger partial charge in [-0.05, 0) is 26.2 Å². The van der Waals surface area contributed by atoms with E-state index in [2.05, 4.69) is 19.2 Å². The van der Waals surface area contributed by atoms with Crippen molar-refractivity contribution in [3.63, 3.8) is 0 Å². The first-order chi connectivity index (χ1) is 8.59. The molecule has 0 aromatic heterocycles. The molecule has 1 saturated carbocycles. The van der Waals surface area contributed by atoms with Crippen LogP contribution in [0.2, 0.25) is 0 Å². The molecule has 0 aromatic carbocycles. The lowest BCUT2D eigenvalue weighted by Crippen LogP contribution is -2.47. The maximum absolute atomic E-state index is 6.24. The minimum absolute atomic E-state index is 0.0818. The molecule has 1 aliphatic carbocycles. The van der Waals surface area contributed by atoms with Crippen LogP contribution in [0.15, 0.2) is 0 Å². The van der Waals surface area contributed by atoms with Gasteiger partial charge in [-0.3, -0.25) is 0 Å². The van der Waals surface area contributed by atoms with Gasteiger partial charge in [-0.1, -0.05) is 25.7 Å². The Kier molecular flexibility index (Phi) is 5.05. The van der Waals surface area contributed by atoms with Gasteiger partial charge in [0.05, 0.1) is 17.8 Å². The zero-order valence-corrected chi connectivity index (χ0v) is 12.2. The van der Waals surface area contributed by atoms with Crippen molar-refractivity contribution < 1.29 is 9.47 Å². The zero-order chi connectivity index (χ0) is 13.0. The summed E-state index contributed by atoms with van der Waals surface area (Å²) in [6.45, 7) is 6.27. The summed E-state index contributed by atoms with van der Waals surface area (Å²) < 4.78 is 11.7. The van der Waals surface area contributed by atoms with E-state index in [1.54, 1.807) is 7.11 Å². The van der Waals surface area contributed by atoms with Gasteiger partial charge < -0.3 is 14.8 Å². The maximum atomic E-state index is 6.24. The van der Waals surface area contributed by atoms with E-state index in [0.717, 1.165) is 25.4 Å². The van der Waals surface area contributed by atoms with Crippen LogP contribution in [0.25, 0.3) is 0 Å². The first kappa shape index (κ1) is 14.3. The molecular formula is C15H29NO2. The highest BCUT2D eigenvalue weighted by Gasteiger charge is 2.30. The van der Waals surface area contributed by atoms with Crippen LogP contribution < -0.4 is 5.32 Å². The summed E-state index contributed by atoms with van der Waals surface area (Å²) >= 11 is 0. The Hall–Kier alpha value is -0.120. The van der Waals surface area contributed by atoms with Crippen LogP contribution in [0.5, 0.6) is 0 Å². The van der Waals surface area contributed by atoms with E-state index in [-0.39, 0.29) is 5.60 Å². The normalized spacial score (nSPS) is 30.8. The molecule has 0 spiro atoms. The molecule has 0 radical (unpaired) electrons. The van der Waals surface area contributed by atoms with Crippen LogP contribution in [0.4, 0.5) is 0 Å². The fourth-order valence-corrected chi connectivity index (χ4v) is 3.28. The van der Waals surface area contributed by atoms with E-state index in [1.807, 2.05) is 0 Å². The number of hydrogen-bond donors (Lipinski definition) is 1. The lowest BCUT2D eigenvalue weighted by atomic mass is 9.96. The highest BCUT2D eigenvalue weighted by molar-refractivity contribution is 4.82. The molecule has 1 heterocycles. The number of ether oxygens (including phenoxy) is 2. The molecule has 18 heavy (non-hydrogen) atoms. The standard InChI is InChI=1S/C15H29NO2/c1-15(2,17-3)9-14-11-16-10-13(18-14)8-12-6-4-5-7-12/h12-14,16H,4-11H2,1-3H3. The van der Waals surface area contributed by atoms with Crippen LogP contribution in [0.3, 0.4) is 0 Å². The lowest BCUT2D eigenvalue weighted by molar-refractivity contribution is -0.0902. The molecule has 2 atom stereocenters. The zero-order valence-electron chi connectivity index (χ0n) is 12.2. The highest BCUT2D eigenvalue weighted by Crippen LogP contribution is 2.30.